The molecule has 6 heteroatoms. The molecule has 0 aromatic rings. The number of rotatable bonds is 15. The van der Waals surface area contributed by atoms with Gasteiger partial charge >= 0.3 is 11.9 Å². The molecular weight excluding hydrogens is 372 g/mol. The minimum absolute atomic E-state index is 0.603. The SMILES string of the molecule is C=C(CCCC(C)CCCC(C)CCCC(C)C)C1OC(C(=O)O)C(C(=O)O)O1. The normalized spacial score (nSPS) is 23.8. The van der Waals surface area contributed by atoms with E-state index in [2.05, 4.69) is 34.3 Å². The number of hydrogen-bond acceptors (Lipinski definition) is 4. The Balaban J connectivity index is 2.20. The average molecular weight is 413 g/mol. The van der Waals surface area contributed by atoms with Crippen molar-refractivity contribution in [3.63, 3.8) is 0 Å². The van der Waals surface area contributed by atoms with Gasteiger partial charge in [-0.1, -0.05) is 79.2 Å². The van der Waals surface area contributed by atoms with Crippen LogP contribution in [0.1, 0.15) is 85.5 Å². The highest BCUT2D eigenvalue weighted by molar-refractivity contribution is 5.84. The largest absolute Gasteiger partial charge is 0.479 e. The van der Waals surface area contributed by atoms with Gasteiger partial charge in [-0.2, -0.15) is 0 Å². The van der Waals surface area contributed by atoms with Crippen molar-refractivity contribution in [1.29, 1.82) is 0 Å². The molecule has 0 radical (unpaired) electrons. The summed E-state index contributed by atoms with van der Waals surface area (Å²) in [5.41, 5.74) is 0.603. The Morgan fingerprint density at radius 3 is 1.62 bits per heavy atom. The number of hydrogen-bond donors (Lipinski definition) is 2. The van der Waals surface area contributed by atoms with Gasteiger partial charge in [-0.25, -0.2) is 9.59 Å². The monoisotopic (exact) mass is 412 g/mol. The van der Waals surface area contributed by atoms with Crippen molar-refractivity contribution in [1.82, 2.24) is 0 Å². The molecule has 4 atom stereocenters. The third kappa shape index (κ3) is 9.77. The van der Waals surface area contributed by atoms with E-state index in [1.807, 2.05) is 0 Å². The van der Waals surface area contributed by atoms with Crippen LogP contribution in [0.5, 0.6) is 0 Å². The quantitative estimate of drug-likeness (QED) is 0.356. The zero-order chi connectivity index (χ0) is 22.0. The average Bonchev–Trinajstić information content (AvgIpc) is 3.07. The first-order valence-corrected chi connectivity index (χ1v) is 11.1. The summed E-state index contributed by atoms with van der Waals surface area (Å²) in [5.74, 6) is -0.460. The van der Waals surface area contributed by atoms with Gasteiger partial charge < -0.3 is 19.7 Å². The minimum atomic E-state index is -1.49. The maximum absolute atomic E-state index is 11.1. The fourth-order valence-corrected chi connectivity index (χ4v) is 3.78. The van der Waals surface area contributed by atoms with Crippen molar-refractivity contribution in [2.24, 2.45) is 17.8 Å². The summed E-state index contributed by atoms with van der Waals surface area (Å²) in [6.45, 7) is 13.1. The predicted molar refractivity (Wildman–Crippen MR) is 113 cm³/mol. The molecule has 168 valence electrons. The molecule has 1 heterocycles. The van der Waals surface area contributed by atoms with Crippen LogP contribution in [0.15, 0.2) is 12.2 Å². The summed E-state index contributed by atoms with van der Waals surface area (Å²) in [7, 11) is 0. The zero-order valence-electron chi connectivity index (χ0n) is 18.6. The third-order valence-electron chi connectivity index (χ3n) is 5.70. The molecule has 0 aromatic carbocycles. The number of carboxylic acids is 2. The highest BCUT2D eigenvalue weighted by Gasteiger charge is 2.46. The topological polar surface area (TPSA) is 93.1 Å². The van der Waals surface area contributed by atoms with Gasteiger partial charge in [-0.15, -0.1) is 0 Å². The van der Waals surface area contributed by atoms with Crippen LogP contribution >= 0.6 is 0 Å². The molecule has 6 nitrogen and oxygen atoms in total. The predicted octanol–water partition coefficient (Wildman–Crippen LogP) is 5.26. The molecule has 1 saturated heterocycles. The highest BCUT2D eigenvalue weighted by atomic mass is 16.7. The molecular formula is C23H40O6. The van der Waals surface area contributed by atoms with Crippen LogP contribution in [0.4, 0.5) is 0 Å². The molecule has 0 saturated carbocycles. The Morgan fingerprint density at radius 1 is 0.793 bits per heavy atom. The Bertz CT molecular complexity index is 507. The van der Waals surface area contributed by atoms with Crippen LogP contribution in [0, 0.1) is 17.8 Å². The summed E-state index contributed by atoms with van der Waals surface area (Å²) in [5, 5.41) is 18.2. The molecule has 0 aliphatic carbocycles. The van der Waals surface area contributed by atoms with Crippen molar-refractivity contribution < 1.29 is 29.3 Å². The second kappa shape index (κ2) is 13.0. The van der Waals surface area contributed by atoms with Gasteiger partial charge in [-0.3, -0.25) is 0 Å². The minimum Gasteiger partial charge on any atom is -0.479 e. The number of carbonyl (C=O) groups is 2. The number of aliphatic carboxylic acids is 2. The van der Waals surface area contributed by atoms with E-state index in [-0.39, 0.29) is 0 Å². The first kappa shape index (κ1) is 25.6. The van der Waals surface area contributed by atoms with Crippen molar-refractivity contribution >= 4 is 11.9 Å². The maximum Gasteiger partial charge on any atom is 0.336 e. The van der Waals surface area contributed by atoms with Crippen LogP contribution in [0.3, 0.4) is 0 Å². The van der Waals surface area contributed by atoms with E-state index in [0.717, 1.165) is 24.7 Å². The highest BCUT2D eigenvalue weighted by Crippen LogP contribution is 2.28. The second-order valence-corrected chi connectivity index (χ2v) is 9.14. The smallest absolute Gasteiger partial charge is 0.336 e. The standard InChI is InChI=1S/C23H40O6/c1-15(2)9-6-10-16(3)11-7-12-17(4)13-8-14-18(5)23-28-19(21(24)25)20(29-23)22(26)27/h15-17,19-20,23H,5-14H2,1-4H3,(H,24,25)(H,26,27). The third-order valence-corrected chi connectivity index (χ3v) is 5.70. The molecule has 1 aliphatic heterocycles. The lowest BCUT2D eigenvalue weighted by atomic mass is 9.91. The molecule has 29 heavy (non-hydrogen) atoms. The van der Waals surface area contributed by atoms with Crippen molar-refractivity contribution in [2.75, 3.05) is 0 Å². The van der Waals surface area contributed by atoms with Crippen molar-refractivity contribution in [2.45, 2.75) is 104 Å². The van der Waals surface area contributed by atoms with E-state index < -0.39 is 30.4 Å². The van der Waals surface area contributed by atoms with Gasteiger partial charge in [0.2, 0.25) is 0 Å². The van der Waals surface area contributed by atoms with Gasteiger partial charge in [-0.05, 0) is 36.2 Å². The molecule has 1 rings (SSSR count). The first-order valence-electron chi connectivity index (χ1n) is 11.1. The first-order chi connectivity index (χ1) is 13.6. The van der Waals surface area contributed by atoms with Crippen molar-refractivity contribution in [3.8, 4) is 0 Å². The lowest BCUT2D eigenvalue weighted by Gasteiger charge is -2.16. The summed E-state index contributed by atoms with van der Waals surface area (Å²) >= 11 is 0. The lowest BCUT2D eigenvalue weighted by Crippen LogP contribution is -2.36. The molecule has 1 aliphatic rings. The summed E-state index contributed by atoms with van der Waals surface area (Å²) in [6, 6.07) is 0. The van der Waals surface area contributed by atoms with E-state index in [1.54, 1.807) is 0 Å². The van der Waals surface area contributed by atoms with E-state index >= 15 is 0 Å². The second-order valence-electron chi connectivity index (χ2n) is 9.14. The molecule has 2 N–H and O–H groups in total. The Kier molecular flexibility index (Phi) is 11.5. The molecule has 0 aromatic heterocycles. The fraction of sp³-hybridized carbons (Fsp3) is 0.826. The van der Waals surface area contributed by atoms with E-state index in [1.165, 1.54) is 38.5 Å². The Morgan fingerprint density at radius 2 is 1.21 bits per heavy atom. The molecule has 0 amide bonds. The molecule has 0 spiro atoms. The Labute approximate surface area is 175 Å². The van der Waals surface area contributed by atoms with Gasteiger partial charge in [0, 0.05) is 0 Å². The van der Waals surface area contributed by atoms with Crippen LogP contribution < -0.4 is 0 Å². The van der Waals surface area contributed by atoms with Crippen molar-refractivity contribution in [3.05, 3.63) is 12.2 Å². The maximum atomic E-state index is 11.1. The van der Waals surface area contributed by atoms with E-state index in [4.69, 9.17) is 19.7 Å². The van der Waals surface area contributed by atoms with E-state index in [0.29, 0.717) is 17.9 Å². The zero-order valence-corrected chi connectivity index (χ0v) is 18.6. The molecule has 0 bridgehead atoms. The van der Waals surface area contributed by atoms with Gasteiger partial charge in [0.1, 0.15) is 0 Å². The van der Waals surface area contributed by atoms with Crippen LogP contribution in [-0.2, 0) is 19.1 Å². The summed E-state index contributed by atoms with van der Waals surface area (Å²) in [6.07, 6.45) is 6.37. The Hall–Kier alpha value is -1.40. The summed E-state index contributed by atoms with van der Waals surface area (Å²) < 4.78 is 10.5. The van der Waals surface area contributed by atoms with Crippen LogP contribution in [-0.4, -0.2) is 40.6 Å². The lowest BCUT2D eigenvalue weighted by molar-refractivity contribution is -0.156. The van der Waals surface area contributed by atoms with Crippen LogP contribution in [0.2, 0.25) is 0 Å². The van der Waals surface area contributed by atoms with Gasteiger partial charge in [0.15, 0.2) is 18.5 Å². The van der Waals surface area contributed by atoms with Gasteiger partial charge in [0.25, 0.3) is 0 Å². The number of ether oxygens (including phenoxy) is 2. The molecule has 4 unspecified atom stereocenters. The van der Waals surface area contributed by atoms with E-state index in [9.17, 15) is 9.59 Å². The number of carboxylic acid groups (broad SMARTS) is 2. The molecule has 1 fully saturated rings. The fourth-order valence-electron chi connectivity index (χ4n) is 3.78. The van der Waals surface area contributed by atoms with Gasteiger partial charge in [0.05, 0.1) is 0 Å². The van der Waals surface area contributed by atoms with Crippen LogP contribution in [0.25, 0.3) is 0 Å². The summed E-state index contributed by atoms with van der Waals surface area (Å²) in [4.78, 5) is 22.3.